The maximum atomic E-state index is 15.1. The van der Waals surface area contributed by atoms with Crippen LogP contribution in [0.4, 0.5) is 10.1 Å². The molecule has 4 unspecified atom stereocenters. The number of hydrogen-bond acceptors (Lipinski definition) is 4. The molecule has 4 nitrogen and oxygen atoms in total. The minimum absolute atomic E-state index is 0.00143. The van der Waals surface area contributed by atoms with E-state index < -0.39 is 5.67 Å². The van der Waals surface area contributed by atoms with Crippen molar-refractivity contribution >= 4 is 17.2 Å². The number of aliphatic imine (C=N–C) groups is 2. The first-order valence-electron chi connectivity index (χ1n) is 12.6. The Morgan fingerprint density at radius 1 is 1.32 bits per heavy atom. The number of hydrogen-bond donors (Lipinski definition) is 0. The minimum atomic E-state index is -1.15. The third-order valence-corrected chi connectivity index (χ3v) is 7.25. The molecule has 182 valence electrons. The highest BCUT2D eigenvalue weighted by Crippen LogP contribution is 2.54. The summed E-state index contributed by atoms with van der Waals surface area (Å²) in [5.41, 5.74) is 3.79. The molecular weight excluding hydrogens is 423 g/mol. The number of amidine groups is 1. The van der Waals surface area contributed by atoms with Crippen LogP contribution in [0.1, 0.15) is 71.8 Å². The first-order chi connectivity index (χ1) is 16.2. The van der Waals surface area contributed by atoms with Crippen LogP contribution >= 0.6 is 0 Å². The van der Waals surface area contributed by atoms with Crippen LogP contribution in [0.5, 0.6) is 0 Å². The van der Waals surface area contributed by atoms with Crippen molar-refractivity contribution in [3.05, 3.63) is 54.3 Å². The number of benzene rings is 1. The van der Waals surface area contributed by atoms with Gasteiger partial charge in [0.15, 0.2) is 0 Å². The van der Waals surface area contributed by atoms with Crippen molar-refractivity contribution in [2.24, 2.45) is 27.7 Å². The summed E-state index contributed by atoms with van der Waals surface area (Å²) in [6.45, 7) is 17.9. The second-order valence-electron chi connectivity index (χ2n) is 9.99. The summed E-state index contributed by atoms with van der Waals surface area (Å²) in [6.07, 6.45) is 4.64. The van der Waals surface area contributed by atoms with E-state index in [0.29, 0.717) is 25.9 Å². The average molecular weight is 463 g/mol. The lowest BCUT2D eigenvalue weighted by Crippen LogP contribution is -2.31. The van der Waals surface area contributed by atoms with Gasteiger partial charge in [0.1, 0.15) is 11.5 Å². The fourth-order valence-electron chi connectivity index (χ4n) is 4.65. The van der Waals surface area contributed by atoms with Crippen molar-refractivity contribution < 1.29 is 4.39 Å². The molecule has 2 aliphatic rings. The molecule has 5 heteroatoms. The van der Waals surface area contributed by atoms with Gasteiger partial charge in [-0.05, 0) is 69.6 Å². The molecule has 4 atom stereocenters. The van der Waals surface area contributed by atoms with Crippen molar-refractivity contribution in [3.8, 4) is 6.07 Å². The smallest absolute Gasteiger partial charge is 0.124 e. The summed E-state index contributed by atoms with van der Waals surface area (Å²) in [5.74, 6) is 0.949. The molecule has 0 bridgehead atoms. The summed E-state index contributed by atoms with van der Waals surface area (Å²) < 4.78 is 15.1. The number of alkyl halides is 1. The Morgan fingerprint density at radius 2 is 2.09 bits per heavy atom. The predicted octanol–water partition coefficient (Wildman–Crippen LogP) is 7.28. The Morgan fingerprint density at radius 3 is 2.71 bits per heavy atom. The monoisotopic (exact) mass is 462 g/mol. The highest BCUT2D eigenvalue weighted by Gasteiger charge is 2.56. The van der Waals surface area contributed by atoms with E-state index in [1.165, 1.54) is 0 Å². The molecule has 1 aromatic rings. The van der Waals surface area contributed by atoms with Crippen LogP contribution in [-0.4, -0.2) is 30.3 Å². The van der Waals surface area contributed by atoms with Crippen molar-refractivity contribution in [3.63, 3.8) is 0 Å². The molecule has 1 saturated carbocycles. The third-order valence-electron chi connectivity index (χ3n) is 7.25. The van der Waals surface area contributed by atoms with Crippen LogP contribution in [0.15, 0.2) is 58.7 Å². The third kappa shape index (κ3) is 6.03. The van der Waals surface area contributed by atoms with Gasteiger partial charge in [-0.25, -0.2) is 9.38 Å². The van der Waals surface area contributed by atoms with Crippen LogP contribution in [0, 0.1) is 29.1 Å². The molecule has 0 aromatic heterocycles. The topological polar surface area (TPSA) is 51.8 Å². The fourth-order valence-corrected chi connectivity index (χ4v) is 4.65. The number of halogens is 1. The largest absolute Gasteiger partial charge is 0.345 e. The first-order valence-corrected chi connectivity index (χ1v) is 12.6. The summed E-state index contributed by atoms with van der Waals surface area (Å²) in [6, 6.07) is 10.6. The van der Waals surface area contributed by atoms with Gasteiger partial charge in [-0.2, -0.15) is 5.26 Å². The van der Waals surface area contributed by atoms with Crippen LogP contribution < -0.4 is 4.90 Å². The van der Waals surface area contributed by atoms with E-state index in [-0.39, 0.29) is 17.8 Å². The Kier molecular flexibility index (Phi) is 8.47. The highest BCUT2D eigenvalue weighted by molar-refractivity contribution is 6.12. The lowest BCUT2D eigenvalue weighted by Gasteiger charge is -2.32. The van der Waals surface area contributed by atoms with Crippen molar-refractivity contribution in [2.45, 2.75) is 71.9 Å². The Labute approximate surface area is 205 Å². The molecular formula is C29H39FN4. The second-order valence-corrected chi connectivity index (χ2v) is 9.99. The second kappa shape index (κ2) is 11.1. The number of rotatable bonds is 13. The van der Waals surface area contributed by atoms with Crippen molar-refractivity contribution in [1.82, 2.24) is 0 Å². The zero-order chi connectivity index (χ0) is 24.9. The Hall–Kier alpha value is -2.74. The summed E-state index contributed by atoms with van der Waals surface area (Å²) in [4.78, 5) is 11.5. The predicted molar refractivity (Wildman–Crippen MR) is 141 cm³/mol. The van der Waals surface area contributed by atoms with Crippen LogP contribution in [0.2, 0.25) is 0 Å². The van der Waals surface area contributed by atoms with Crippen molar-refractivity contribution in [1.29, 1.82) is 5.26 Å². The highest BCUT2D eigenvalue weighted by atomic mass is 19.1. The van der Waals surface area contributed by atoms with Gasteiger partial charge in [0.2, 0.25) is 0 Å². The maximum absolute atomic E-state index is 15.1. The van der Waals surface area contributed by atoms with Gasteiger partial charge in [-0.3, -0.25) is 4.99 Å². The molecule has 1 aliphatic carbocycles. The van der Waals surface area contributed by atoms with Crippen LogP contribution in [0.25, 0.3) is 0 Å². The Balaban J connectivity index is 1.88. The van der Waals surface area contributed by atoms with Gasteiger partial charge in [0, 0.05) is 36.2 Å². The molecule has 1 heterocycles. The number of nitriles is 1. The summed E-state index contributed by atoms with van der Waals surface area (Å²) in [7, 11) is 0. The van der Waals surface area contributed by atoms with Gasteiger partial charge in [-0.15, -0.1) is 0 Å². The summed E-state index contributed by atoms with van der Waals surface area (Å²) in [5, 5.41) is 9.23. The molecule has 34 heavy (non-hydrogen) atoms. The molecule has 1 aromatic carbocycles. The van der Waals surface area contributed by atoms with Gasteiger partial charge in [0.05, 0.1) is 18.3 Å². The van der Waals surface area contributed by atoms with E-state index in [0.717, 1.165) is 59.8 Å². The zero-order valence-corrected chi connectivity index (χ0v) is 21.3. The first kappa shape index (κ1) is 25.9. The van der Waals surface area contributed by atoms with E-state index in [1.807, 2.05) is 26.8 Å². The average Bonchev–Trinajstić information content (AvgIpc) is 3.30. The van der Waals surface area contributed by atoms with Gasteiger partial charge in [-0.1, -0.05) is 44.7 Å². The van der Waals surface area contributed by atoms with Crippen LogP contribution in [-0.2, 0) is 0 Å². The molecule has 0 radical (unpaired) electrons. The van der Waals surface area contributed by atoms with E-state index >= 15 is 4.39 Å². The molecule has 0 saturated heterocycles. The van der Waals surface area contributed by atoms with Gasteiger partial charge >= 0.3 is 0 Å². The molecule has 0 amide bonds. The van der Waals surface area contributed by atoms with Gasteiger partial charge < -0.3 is 4.90 Å². The molecule has 0 N–H and O–H groups in total. The normalized spacial score (nSPS) is 22.9. The fraction of sp³-hybridized carbons (Fsp3) is 0.552. The van der Waals surface area contributed by atoms with E-state index in [9.17, 15) is 5.26 Å². The number of nitrogens with zero attached hydrogens (tertiary/aromatic N) is 4. The molecule has 3 rings (SSSR count). The molecule has 1 fully saturated rings. The minimum Gasteiger partial charge on any atom is -0.345 e. The van der Waals surface area contributed by atoms with E-state index in [4.69, 9.17) is 4.99 Å². The lowest BCUT2D eigenvalue weighted by atomic mass is 9.91. The van der Waals surface area contributed by atoms with Gasteiger partial charge in [0.25, 0.3) is 0 Å². The zero-order valence-electron chi connectivity index (χ0n) is 21.3. The molecule has 0 spiro atoms. The number of allylic oxidation sites excluding steroid dienone is 1. The number of anilines is 1. The SMILES string of the molecule is C=C(C)C(CCC(C)C#N)CN(C(=C)C1CC1(F)CC)c1cccc(C2=NC(CCC)=NC2)c1. The molecule has 1 aliphatic heterocycles. The lowest BCUT2D eigenvalue weighted by molar-refractivity contribution is 0.280. The Bertz CT molecular complexity index is 1020. The standard InChI is InChI=1S/C29H39FN4/c1-7-10-28-32-18-27(33-28)23-11-9-12-25(15-23)34(22(6)26-16-29(26,30)8-2)19-24(20(3)4)14-13-21(5)17-31/h9,11-12,15,21,24,26H,3,6-8,10,13-14,16,18-19H2,1-2,4-5H3. The van der Waals surface area contributed by atoms with Crippen molar-refractivity contribution in [2.75, 3.05) is 18.0 Å². The quantitative estimate of drug-likeness (QED) is 0.289. The van der Waals surface area contributed by atoms with Crippen LogP contribution in [0.3, 0.4) is 0 Å². The van der Waals surface area contributed by atoms with E-state index in [2.05, 4.69) is 54.2 Å². The summed E-state index contributed by atoms with van der Waals surface area (Å²) >= 11 is 0. The maximum Gasteiger partial charge on any atom is 0.124 e. The van der Waals surface area contributed by atoms with E-state index in [1.54, 1.807) is 0 Å².